The largest absolute Gasteiger partial charge is 0.416 e. The van der Waals surface area contributed by atoms with Crippen molar-refractivity contribution in [1.82, 2.24) is 0 Å². The highest BCUT2D eigenvalue weighted by atomic mass is 35.5. The van der Waals surface area contributed by atoms with E-state index in [1.54, 1.807) is 0 Å². The Kier molecular flexibility index (Phi) is 4.98. The third-order valence-electron chi connectivity index (χ3n) is 2.87. The van der Waals surface area contributed by atoms with Crippen LogP contribution in [0.1, 0.15) is 15.9 Å². The number of Topliss-reactive ketones (excluding diaryl/α,β-unsaturated/α-hetero) is 1. The molecule has 0 aliphatic heterocycles. The zero-order valence-corrected chi connectivity index (χ0v) is 12.6. The fourth-order valence-electron chi connectivity index (χ4n) is 1.80. The van der Waals surface area contributed by atoms with E-state index in [0.717, 1.165) is 12.1 Å². The van der Waals surface area contributed by atoms with E-state index in [9.17, 15) is 18.0 Å². The van der Waals surface area contributed by atoms with Crippen LogP contribution < -0.4 is 5.32 Å². The van der Waals surface area contributed by atoms with Crippen molar-refractivity contribution >= 4 is 34.7 Å². The number of ketones is 1. The first-order valence-electron chi connectivity index (χ1n) is 6.17. The molecule has 22 heavy (non-hydrogen) atoms. The first-order chi connectivity index (χ1) is 10.3. The molecule has 0 atom stereocenters. The molecule has 0 heterocycles. The first-order valence-corrected chi connectivity index (χ1v) is 6.92. The summed E-state index contributed by atoms with van der Waals surface area (Å²) in [6.45, 7) is -0.178. The molecule has 116 valence electrons. The lowest BCUT2D eigenvalue weighted by atomic mass is 10.1. The summed E-state index contributed by atoms with van der Waals surface area (Å²) >= 11 is 11.6. The van der Waals surface area contributed by atoms with Crippen LogP contribution in [0, 0.1) is 0 Å². The van der Waals surface area contributed by atoms with Gasteiger partial charge in [0.25, 0.3) is 0 Å². The van der Waals surface area contributed by atoms with Crippen molar-refractivity contribution < 1.29 is 18.0 Å². The van der Waals surface area contributed by atoms with Gasteiger partial charge < -0.3 is 5.32 Å². The fraction of sp³-hybridized carbons (Fsp3) is 0.133. The maximum Gasteiger partial charge on any atom is 0.416 e. The third-order valence-corrected chi connectivity index (χ3v) is 3.42. The lowest BCUT2D eigenvalue weighted by molar-refractivity contribution is -0.137. The van der Waals surface area contributed by atoms with Crippen LogP contribution in [0.2, 0.25) is 10.0 Å². The molecule has 0 aromatic heterocycles. The quantitative estimate of drug-likeness (QED) is 0.759. The Labute approximate surface area is 134 Å². The lowest BCUT2D eigenvalue weighted by Crippen LogP contribution is -2.15. The third kappa shape index (κ3) is 4.15. The molecule has 0 radical (unpaired) electrons. The first kappa shape index (κ1) is 16.6. The molecule has 2 aromatic carbocycles. The minimum Gasteiger partial charge on any atom is -0.378 e. The Balaban J connectivity index is 2.08. The molecule has 0 fully saturated rings. The number of rotatable bonds is 4. The molecule has 2 aromatic rings. The Hall–Kier alpha value is -1.72. The van der Waals surface area contributed by atoms with Gasteiger partial charge >= 0.3 is 6.18 Å². The van der Waals surface area contributed by atoms with E-state index >= 15 is 0 Å². The molecule has 0 aliphatic carbocycles. The van der Waals surface area contributed by atoms with Crippen molar-refractivity contribution in [1.29, 1.82) is 0 Å². The predicted molar refractivity (Wildman–Crippen MR) is 80.7 cm³/mol. The van der Waals surface area contributed by atoms with Gasteiger partial charge in [0.1, 0.15) is 0 Å². The number of hydrogen-bond acceptors (Lipinski definition) is 2. The van der Waals surface area contributed by atoms with Crippen molar-refractivity contribution in [3.05, 3.63) is 63.6 Å². The fourth-order valence-corrected chi connectivity index (χ4v) is 2.31. The second-order valence-electron chi connectivity index (χ2n) is 4.48. The van der Waals surface area contributed by atoms with Crippen molar-refractivity contribution in [2.75, 3.05) is 11.9 Å². The maximum atomic E-state index is 12.6. The highest BCUT2D eigenvalue weighted by Crippen LogP contribution is 2.30. The number of nitrogens with one attached hydrogen (secondary N) is 1. The molecule has 0 bridgehead atoms. The Bertz CT molecular complexity index is 701. The molecule has 0 aliphatic rings. The number of benzene rings is 2. The van der Waals surface area contributed by atoms with Crippen LogP contribution in [0.4, 0.5) is 18.9 Å². The standard InChI is InChI=1S/C15H10Cl2F3NO/c16-10-4-5-12(13(17)7-10)14(22)8-21-11-3-1-2-9(6-11)15(18,19)20/h1-7,21H,8H2. The average Bonchev–Trinajstić information content (AvgIpc) is 2.44. The highest BCUT2D eigenvalue weighted by molar-refractivity contribution is 6.36. The summed E-state index contributed by atoms with van der Waals surface area (Å²) < 4.78 is 37.8. The van der Waals surface area contributed by atoms with Crippen LogP contribution in [0.25, 0.3) is 0 Å². The Morgan fingerprint density at radius 3 is 2.45 bits per heavy atom. The van der Waals surface area contributed by atoms with Crippen molar-refractivity contribution in [3.8, 4) is 0 Å². The summed E-state index contributed by atoms with van der Waals surface area (Å²) in [6, 6.07) is 9.04. The normalized spacial score (nSPS) is 11.3. The SMILES string of the molecule is O=C(CNc1cccc(C(F)(F)F)c1)c1ccc(Cl)cc1Cl. The molecular formula is C15H10Cl2F3NO. The summed E-state index contributed by atoms with van der Waals surface area (Å²) in [5, 5.41) is 3.25. The Morgan fingerprint density at radius 2 is 1.82 bits per heavy atom. The molecule has 0 saturated heterocycles. The van der Waals surface area contributed by atoms with Gasteiger partial charge in [0.05, 0.1) is 17.1 Å². The zero-order chi connectivity index (χ0) is 16.3. The van der Waals surface area contributed by atoms with Gasteiger partial charge in [-0.25, -0.2) is 0 Å². The van der Waals surface area contributed by atoms with Gasteiger partial charge in [-0.2, -0.15) is 13.2 Å². The molecule has 2 nitrogen and oxygen atoms in total. The van der Waals surface area contributed by atoms with Crippen molar-refractivity contribution in [2.24, 2.45) is 0 Å². The highest BCUT2D eigenvalue weighted by Gasteiger charge is 2.30. The summed E-state index contributed by atoms with van der Waals surface area (Å²) in [5.41, 5.74) is -0.326. The second kappa shape index (κ2) is 6.58. The van der Waals surface area contributed by atoms with Gasteiger partial charge in [-0.15, -0.1) is 0 Å². The van der Waals surface area contributed by atoms with E-state index < -0.39 is 11.7 Å². The van der Waals surface area contributed by atoms with Crippen LogP contribution in [-0.4, -0.2) is 12.3 Å². The molecule has 0 spiro atoms. The number of carbonyl (C=O) groups is 1. The molecule has 0 unspecified atom stereocenters. The van der Waals surface area contributed by atoms with Crippen LogP contribution in [0.3, 0.4) is 0 Å². The smallest absolute Gasteiger partial charge is 0.378 e. The Morgan fingerprint density at radius 1 is 1.09 bits per heavy atom. The van der Waals surface area contributed by atoms with E-state index in [2.05, 4.69) is 5.32 Å². The second-order valence-corrected chi connectivity index (χ2v) is 5.32. The summed E-state index contributed by atoms with van der Waals surface area (Å²) in [6.07, 6.45) is -4.43. The molecule has 1 N–H and O–H groups in total. The van der Waals surface area contributed by atoms with Gasteiger partial charge in [0, 0.05) is 16.3 Å². The van der Waals surface area contributed by atoms with Gasteiger partial charge in [0.2, 0.25) is 0 Å². The molecule has 2 rings (SSSR count). The topological polar surface area (TPSA) is 29.1 Å². The van der Waals surface area contributed by atoms with E-state index in [-0.39, 0.29) is 28.6 Å². The molecule has 7 heteroatoms. The zero-order valence-electron chi connectivity index (χ0n) is 11.0. The van der Waals surface area contributed by atoms with E-state index in [4.69, 9.17) is 23.2 Å². The van der Waals surface area contributed by atoms with Gasteiger partial charge in [-0.1, -0.05) is 29.3 Å². The van der Waals surface area contributed by atoms with Gasteiger partial charge in [-0.3, -0.25) is 4.79 Å². The molecular weight excluding hydrogens is 338 g/mol. The maximum absolute atomic E-state index is 12.6. The van der Waals surface area contributed by atoms with Crippen LogP contribution in [0.15, 0.2) is 42.5 Å². The lowest BCUT2D eigenvalue weighted by Gasteiger charge is -2.10. The average molecular weight is 348 g/mol. The van der Waals surface area contributed by atoms with Gasteiger partial charge in [-0.05, 0) is 36.4 Å². The molecule has 0 amide bonds. The van der Waals surface area contributed by atoms with Crippen molar-refractivity contribution in [2.45, 2.75) is 6.18 Å². The summed E-state index contributed by atoms with van der Waals surface area (Å²) in [7, 11) is 0. The number of alkyl halides is 3. The van der Waals surface area contributed by atoms with E-state index in [0.29, 0.717) is 5.02 Å². The summed E-state index contributed by atoms with van der Waals surface area (Å²) in [4.78, 5) is 12.0. The minimum atomic E-state index is -4.43. The predicted octanol–water partition coefficient (Wildman–Crippen LogP) is 5.31. The van der Waals surface area contributed by atoms with Gasteiger partial charge in [0.15, 0.2) is 5.78 Å². The van der Waals surface area contributed by atoms with Crippen molar-refractivity contribution in [3.63, 3.8) is 0 Å². The van der Waals surface area contributed by atoms with E-state index in [1.807, 2.05) is 0 Å². The number of carbonyl (C=O) groups excluding carboxylic acids is 1. The molecule has 0 saturated carbocycles. The minimum absolute atomic E-state index is 0.178. The van der Waals surface area contributed by atoms with E-state index in [1.165, 1.54) is 30.3 Å². The number of hydrogen-bond donors (Lipinski definition) is 1. The summed E-state index contributed by atoms with van der Waals surface area (Å²) in [5.74, 6) is -0.348. The van der Waals surface area contributed by atoms with Crippen LogP contribution in [-0.2, 0) is 6.18 Å². The van der Waals surface area contributed by atoms with Crippen LogP contribution >= 0.6 is 23.2 Å². The number of halogens is 5. The monoisotopic (exact) mass is 347 g/mol. The van der Waals surface area contributed by atoms with Crippen LogP contribution in [0.5, 0.6) is 0 Å². The number of anilines is 1.